The second-order valence-corrected chi connectivity index (χ2v) is 7.97. The number of fused-ring (bicyclic) bond motifs is 4. The van der Waals surface area contributed by atoms with E-state index < -0.39 is 0 Å². The van der Waals surface area contributed by atoms with E-state index in [0.717, 1.165) is 56.5 Å². The molecule has 8 nitrogen and oxygen atoms in total. The van der Waals surface area contributed by atoms with Crippen LogP contribution in [0.1, 0.15) is 56.6 Å². The van der Waals surface area contributed by atoms with Gasteiger partial charge in [0.05, 0.1) is 0 Å². The highest BCUT2D eigenvalue weighted by atomic mass is 16.6. The molecule has 2 atom stereocenters. The summed E-state index contributed by atoms with van der Waals surface area (Å²) in [6, 6.07) is 7.87. The molecule has 2 saturated carbocycles. The summed E-state index contributed by atoms with van der Waals surface area (Å²) in [5.41, 5.74) is 1.06. The molecule has 0 saturated heterocycles. The van der Waals surface area contributed by atoms with E-state index >= 15 is 0 Å². The summed E-state index contributed by atoms with van der Waals surface area (Å²) in [4.78, 5) is 16.9. The van der Waals surface area contributed by atoms with Gasteiger partial charge in [-0.1, -0.05) is 6.07 Å². The van der Waals surface area contributed by atoms with Gasteiger partial charge in [0.25, 0.3) is 0 Å². The molecule has 1 amide bonds. The van der Waals surface area contributed by atoms with Gasteiger partial charge < -0.3 is 20.1 Å². The van der Waals surface area contributed by atoms with Crippen molar-refractivity contribution in [3.05, 3.63) is 30.0 Å². The molecule has 2 aromatic heterocycles. The standard InChI is InChI=1S/C20H25N5O3/c26-20-21-13-5-8-14(9-6-13)27-19-3-1-2-17(23-19)22-18-11-16(24-25-18)12-4-7-15(10-12)28-20/h1-3,11-15H,4-10H2,(H,21,26)(H2,22,23,24,25)/t12-,13?,14?,15+/m0/s1. The van der Waals surface area contributed by atoms with Gasteiger partial charge in [-0.15, -0.1) is 0 Å². The average Bonchev–Trinajstić information content (AvgIpc) is 3.32. The van der Waals surface area contributed by atoms with E-state index in [1.54, 1.807) is 0 Å². The quantitative estimate of drug-likeness (QED) is 0.642. The summed E-state index contributed by atoms with van der Waals surface area (Å²) < 4.78 is 11.7. The van der Waals surface area contributed by atoms with Crippen LogP contribution in [0.25, 0.3) is 0 Å². The monoisotopic (exact) mass is 383 g/mol. The second-order valence-electron chi connectivity index (χ2n) is 7.97. The van der Waals surface area contributed by atoms with Crippen LogP contribution in [0.3, 0.4) is 0 Å². The summed E-state index contributed by atoms with van der Waals surface area (Å²) >= 11 is 0. The number of rotatable bonds is 0. The third-order valence-corrected chi connectivity index (χ3v) is 5.96. The van der Waals surface area contributed by atoms with Crippen molar-refractivity contribution in [2.24, 2.45) is 0 Å². The van der Waals surface area contributed by atoms with Gasteiger partial charge >= 0.3 is 6.09 Å². The minimum atomic E-state index is -0.294. The lowest BCUT2D eigenvalue weighted by Gasteiger charge is -2.29. The number of H-pyrrole nitrogens is 1. The maximum Gasteiger partial charge on any atom is 0.407 e. The number of aromatic amines is 1. The first-order valence-corrected chi connectivity index (χ1v) is 10.1. The number of nitrogens with zero attached hydrogens (tertiary/aromatic N) is 2. The van der Waals surface area contributed by atoms with E-state index in [9.17, 15) is 4.79 Å². The van der Waals surface area contributed by atoms with Gasteiger partial charge in [0.1, 0.15) is 18.0 Å². The van der Waals surface area contributed by atoms with E-state index in [2.05, 4.69) is 25.8 Å². The summed E-state index contributed by atoms with van der Waals surface area (Å²) in [6.45, 7) is 0. The van der Waals surface area contributed by atoms with E-state index in [0.29, 0.717) is 17.6 Å². The molecule has 148 valence electrons. The highest BCUT2D eigenvalue weighted by molar-refractivity contribution is 5.67. The second kappa shape index (κ2) is 7.33. The van der Waals surface area contributed by atoms with Gasteiger partial charge in [-0.25, -0.2) is 4.79 Å². The number of alkyl carbamates (subject to hydrolysis) is 1. The summed E-state index contributed by atoms with van der Waals surface area (Å²) in [5, 5.41) is 13.8. The van der Waals surface area contributed by atoms with Crippen LogP contribution in [0.4, 0.5) is 16.4 Å². The zero-order valence-corrected chi connectivity index (χ0v) is 15.7. The smallest absolute Gasteiger partial charge is 0.407 e. The number of pyridine rings is 1. The summed E-state index contributed by atoms with van der Waals surface area (Å²) in [7, 11) is 0. The molecular weight excluding hydrogens is 358 g/mol. The molecule has 0 aromatic carbocycles. The van der Waals surface area contributed by atoms with Crippen LogP contribution < -0.4 is 15.4 Å². The Labute approximate surface area is 163 Å². The number of amides is 1. The van der Waals surface area contributed by atoms with Crippen LogP contribution in [0.2, 0.25) is 0 Å². The first kappa shape index (κ1) is 17.3. The minimum absolute atomic E-state index is 0.0402. The molecule has 0 spiro atoms. The van der Waals surface area contributed by atoms with Crippen LogP contribution in [0.15, 0.2) is 24.3 Å². The lowest BCUT2D eigenvalue weighted by molar-refractivity contribution is 0.0885. The molecule has 0 radical (unpaired) electrons. The van der Waals surface area contributed by atoms with Crippen molar-refractivity contribution >= 4 is 17.7 Å². The Balaban J connectivity index is 1.39. The zero-order valence-electron chi connectivity index (χ0n) is 15.7. The van der Waals surface area contributed by atoms with Crippen LogP contribution in [0, 0.1) is 0 Å². The predicted molar refractivity (Wildman–Crippen MR) is 103 cm³/mol. The minimum Gasteiger partial charge on any atom is -0.474 e. The Morgan fingerprint density at radius 2 is 1.82 bits per heavy atom. The Morgan fingerprint density at radius 3 is 2.71 bits per heavy atom. The van der Waals surface area contributed by atoms with Gasteiger partial charge in [-0.2, -0.15) is 10.1 Å². The Kier molecular flexibility index (Phi) is 4.54. The largest absolute Gasteiger partial charge is 0.474 e. The SMILES string of the molecule is O=C1NC2CCC(CC2)Oc2cccc(n2)Nc2cc([nH]n2)[C@H]2CC[C@H](C2)O1. The van der Waals surface area contributed by atoms with E-state index in [1.807, 2.05) is 24.3 Å². The lowest BCUT2D eigenvalue weighted by Crippen LogP contribution is -2.41. The molecule has 28 heavy (non-hydrogen) atoms. The molecule has 6 rings (SSSR count). The zero-order chi connectivity index (χ0) is 18.9. The molecular formula is C20H25N5O3. The highest BCUT2D eigenvalue weighted by Crippen LogP contribution is 2.36. The predicted octanol–water partition coefficient (Wildman–Crippen LogP) is 3.61. The fourth-order valence-electron chi connectivity index (χ4n) is 4.47. The Bertz CT molecular complexity index is 846. The first-order chi connectivity index (χ1) is 13.7. The van der Waals surface area contributed by atoms with Crippen molar-refractivity contribution < 1.29 is 14.3 Å². The van der Waals surface area contributed by atoms with Crippen LogP contribution in [-0.2, 0) is 4.74 Å². The fraction of sp³-hybridized carbons (Fsp3) is 0.550. The van der Waals surface area contributed by atoms with Crippen LogP contribution in [-0.4, -0.2) is 39.5 Å². The number of aromatic nitrogens is 3. The summed E-state index contributed by atoms with van der Waals surface area (Å²) in [6.07, 6.45) is 6.01. The highest BCUT2D eigenvalue weighted by Gasteiger charge is 2.31. The molecule has 8 heteroatoms. The van der Waals surface area contributed by atoms with Crippen molar-refractivity contribution in [2.75, 3.05) is 5.32 Å². The van der Waals surface area contributed by atoms with Crippen LogP contribution >= 0.6 is 0 Å². The van der Waals surface area contributed by atoms with Gasteiger partial charge in [0.15, 0.2) is 5.82 Å². The number of ether oxygens (including phenoxy) is 2. The molecule has 2 fully saturated rings. The molecule has 2 aliphatic heterocycles. The van der Waals surface area contributed by atoms with Crippen molar-refractivity contribution in [2.45, 2.75) is 69.1 Å². The Hall–Kier alpha value is -2.77. The number of carbonyl (C=O) groups is 1. The number of nitrogens with one attached hydrogen (secondary N) is 3. The lowest BCUT2D eigenvalue weighted by atomic mass is 9.93. The molecule has 8 bridgehead atoms. The maximum atomic E-state index is 12.3. The number of hydrogen-bond acceptors (Lipinski definition) is 6. The van der Waals surface area contributed by atoms with E-state index in [1.165, 1.54) is 0 Å². The molecule has 2 aliphatic carbocycles. The Morgan fingerprint density at radius 1 is 0.964 bits per heavy atom. The van der Waals surface area contributed by atoms with Crippen LogP contribution in [0.5, 0.6) is 5.88 Å². The third kappa shape index (κ3) is 3.76. The van der Waals surface area contributed by atoms with Crippen molar-refractivity contribution in [3.8, 4) is 5.88 Å². The maximum absolute atomic E-state index is 12.3. The normalized spacial score (nSPS) is 29.6. The van der Waals surface area contributed by atoms with E-state index in [4.69, 9.17) is 9.47 Å². The van der Waals surface area contributed by atoms with Gasteiger partial charge in [0, 0.05) is 29.8 Å². The molecule has 0 unspecified atom stereocenters. The molecule has 4 heterocycles. The topological polar surface area (TPSA) is 101 Å². The average molecular weight is 383 g/mol. The van der Waals surface area contributed by atoms with Gasteiger partial charge in [0.2, 0.25) is 5.88 Å². The first-order valence-electron chi connectivity index (χ1n) is 10.1. The van der Waals surface area contributed by atoms with Crippen molar-refractivity contribution in [1.29, 1.82) is 0 Å². The van der Waals surface area contributed by atoms with Gasteiger partial charge in [-0.05, 0) is 51.0 Å². The van der Waals surface area contributed by atoms with E-state index in [-0.39, 0.29) is 24.3 Å². The van der Waals surface area contributed by atoms with Crippen molar-refractivity contribution in [3.63, 3.8) is 0 Å². The number of anilines is 2. The summed E-state index contributed by atoms with van der Waals surface area (Å²) in [5.74, 6) is 2.36. The molecule has 3 N–H and O–H groups in total. The fourth-order valence-corrected chi connectivity index (χ4v) is 4.47. The van der Waals surface area contributed by atoms with Crippen molar-refractivity contribution in [1.82, 2.24) is 20.5 Å². The number of hydrogen-bond donors (Lipinski definition) is 3. The molecule has 4 aliphatic rings. The van der Waals surface area contributed by atoms with Gasteiger partial charge in [-0.3, -0.25) is 5.10 Å². The number of carbonyl (C=O) groups excluding carboxylic acids is 1. The third-order valence-electron chi connectivity index (χ3n) is 5.96. The molecule has 2 aromatic rings.